The maximum absolute atomic E-state index is 17.3. The Hall–Kier alpha value is -8.95. The van der Waals surface area contributed by atoms with E-state index in [1.54, 1.807) is 15.2 Å². The van der Waals surface area contributed by atoms with E-state index in [1.807, 2.05) is 182 Å². The van der Waals surface area contributed by atoms with Crippen molar-refractivity contribution in [1.29, 1.82) is 0 Å². The summed E-state index contributed by atoms with van der Waals surface area (Å²) in [5.74, 6) is -1.82. The second-order valence-corrected chi connectivity index (χ2v) is 17.8. The molecule has 0 fully saturated rings. The number of para-hydroxylation sites is 6. The molecule has 0 bridgehead atoms. The van der Waals surface area contributed by atoms with Crippen LogP contribution < -0.4 is 0 Å². The molecule has 0 atom stereocenters. The summed E-state index contributed by atoms with van der Waals surface area (Å²) in [4.78, 5) is 0. The van der Waals surface area contributed by atoms with E-state index < -0.39 is 23.4 Å². The van der Waals surface area contributed by atoms with E-state index in [4.69, 9.17) is 0 Å². The quantitative estimate of drug-likeness (QED) is 0.153. The summed E-state index contributed by atoms with van der Waals surface area (Å²) in [6.07, 6.45) is -5.04. The van der Waals surface area contributed by atoms with Gasteiger partial charge < -0.3 is 18.3 Å². The average molecular weight is 919 g/mol. The predicted molar refractivity (Wildman–Crippen MR) is 274 cm³/mol. The zero-order valence-electron chi connectivity index (χ0n) is 36.9. The molecule has 334 valence electrons. The van der Waals surface area contributed by atoms with Gasteiger partial charge in [-0.25, -0.2) is 8.78 Å². The van der Waals surface area contributed by atoms with Crippen molar-refractivity contribution in [2.24, 2.45) is 0 Å². The van der Waals surface area contributed by atoms with E-state index in [0.29, 0.717) is 22.1 Å². The Morgan fingerprint density at radius 3 is 1.23 bits per heavy atom. The van der Waals surface area contributed by atoms with E-state index in [-0.39, 0.29) is 22.5 Å². The number of fused-ring (bicyclic) bond motifs is 14. The molecule has 0 aliphatic heterocycles. The van der Waals surface area contributed by atoms with Crippen molar-refractivity contribution >= 4 is 87.2 Å². The lowest BCUT2D eigenvalue weighted by Gasteiger charge is -2.25. The molecule has 4 nitrogen and oxygen atoms in total. The molecule has 0 aliphatic carbocycles. The summed E-state index contributed by atoms with van der Waals surface area (Å²) in [6.45, 7) is 0. The molecule has 0 aliphatic rings. The first-order chi connectivity index (χ1) is 34.2. The lowest BCUT2D eigenvalue weighted by Crippen LogP contribution is -2.17. The van der Waals surface area contributed by atoms with Crippen molar-refractivity contribution in [1.82, 2.24) is 18.3 Å². The highest BCUT2D eigenvalue weighted by atomic mass is 19.4. The maximum Gasteiger partial charge on any atom is 0.420 e. The van der Waals surface area contributed by atoms with Crippen molar-refractivity contribution in [3.05, 3.63) is 230 Å². The highest BCUT2D eigenvalue weighted by Gasteiger charge is 2.41. The van der Waals surface area contributed by atoms with Gasteiger partial charge in [0.25, 0.3) is 0 Å². The third-order valence-corrected chi connectivity index (χ3v) is 14.0. The molecule has 0 radical (unpaired) electrons. The van der Waals surface area contributed by atoms with Gasteiger partial charge in [0.2, 0.25) is 0 Å². The largest absolute Gasteiger partial charge is 0.420 e. The van der Waals surface area contributed by atoms with Gasteiger partial charge >= 0.3 is 6.18 Å². The SMILES string of the molecule is Fc1cc(F)cc(-c2ccc(-n3c4ccccc4c4ccc5c(c6ccccc6n5-c5ccccc5)c43)c(C(F)(F)F)c2-n2c3ccccc3c3ccc4c(c5ccccc5n4-c4ccccc4)c32)c1. The Morgan fingerprint density at radius 2 is 0.743 bits per heavy atom. The summed E-state index contributed by atoms with van der Waals surface area (Å²) in [5.41, 5.74) is 5.98. The average Bonchev–Trinajstić information content (AvgIpc) is 4.11. The Balaban J connectivity index is 1.22. The number of halogens is 5. The third kappa shape index (κ3) is 5.63. The lowest BCUT2D eigenvalue weighted by atomic mass is 9.96. The van der Waals surface area contributed by atoms with Gasteiger partial charge in [-0.3, -0.25) is 0 Å². The molecule has 0 unspecified atom stereocenters. The van der Waals surface area contributed by atoms with Crippen LogP contribution in [0.2, 0.25) is 0 Å². The lowest BCUT2D eigenvalue weighted by molar-refractivity contribution is -0.137. The van der Waals surface area contributed by atoms with Crippen LogP contribution in [0.15, 0.2) is 212 Å². The molecule has 0 saturated carbocycles. The minimum absolute atomic E-state index is 0.00697. The van der Waals surface area contributed by atoms with Crippen LogP contribution in [0.5, 0.6) is 0 Å². The standard InChI is InChI=1S/C61H35F5N4/c62-37-33-36(34-38(63)35-37)41-27-32-54(69-48-23-11-7-19-42(48)44-28-30-52-55(58(44)69)46-21-9-13-25-50(46)67(52)39-15-3-1-4-16-39)57(61(64,65)66)60(41)70-49-24-12-8-20-43(49)45-29-31-53-56(59(45)70)47-22-10-14-26-51(47)68(53)40-17-5-2-6-18-40/h1-35H. The first kappa shape index (κ1) is 40.1. The molecule has 4 heterocycles. The van der Waals surface area contributed by atoms with Gasteiger partial charge in [0.15, 0.2) is 0 Å². The fourth-order valence-corrected chi connectivity index (χ4v) is 11.4. The fourth-order valence-electron chi connectivity index (χ4n) is 11.4. The number of alkyl halides is 3. The number of benzene rings is 10. The molecule has 4 aromatic heterocycles. The number of aromatic nitrogens is 4. The minimum atomic E-state index is -5.04. The summed E-state index contributed by atoms with van der Waals surface area (Å²) < 4.78 is 90.9. The van der Waals surface area contributed by atoms with E-state index in [2.05, 4.69) is 9.13 Å². The van der Waals surface area contributed by atoms with Gasteiger partial charge in [0, 0.05) is 66.1 Å². The molecule has 0 saturated heterocycles. The number of rotatable bonds is 5. The van der Waals surface area contributed by atoms with Crippen molar-refractivity contribution in [2.75, 3.05) is 0 Å². The summed E-state index contributed by atoms with van der Waals surface area (Å²) in [7, 11) is 0. The Labute approximate surface area is 395 Å². The smallest absolute Gasteiger partial charge is 0.309 e. The van der Waals surface area contributed by atoms with Crippen LogP contribution >= 0.6 is 0 Å². The highest BCUT2D eigenvalue weighted by Crippen LogP contribution is 2.51. The monoisotopic (exact) mass is 918 g/mol. The Kier molecular flexibility index (Phi) is 8.47. The molecule has 70 heavy (non-hydrogen) atoms. The van der Waals surface area contributed by atoms with Crippen LogP contribution in [0.25, 0.3) is 121 Å². The van der Waals surface area contributed by atoms with Gasteiger partial charge in [0.05, 0.1) is 55.5 Å². The zero-order chi connectivity index (χ0) is 47.0. The molecule has 0 spiro atoms. The first-order valence-corrected chi connectivity index (χ1v) is 23.0. The highest BCUT2D eigenvalue weighted by molar-refractivity contribution is 6.28. The summed E-state index contributed by atoms with van der Waals surface area (Å²) in [6, 6.07) is 64.7. The predicted octanol–water partition coefficient (Wildman–Crippen LogP) is 17.0. The number of hydrogen-bond acceptors (Lipinski definition) is 0. The number of hydrogen-bond donors (Lipinski definition) is 0. The van der Waals surface area contributed by atoms with Gasteiger partial charge in [-0.2, -0.15) is 13.2 Å². The van der Waals surface area contributed by atoms with Crippen LogP contribution in [-0.2, 0) is 6.18 Å². The van der Waals surface area contributed by atoms with Crippen LogP contribution in [0, 0.1) is 11.6 Å². The summed E-state index contributed by atoms with van der Waals surface area (Å²) >= 11 is 0. The van der Waals surface area contributed by atoms with Crippen molar-refractivity contribution in [2.45, 2.75) is 6.18 Å². The van der Waals surface area contributed by atoms with Gasteiger partial charge in [0.1, 0.15) is 17.2 Å². The van der Waals surface area contributed by atoms with Crippen LogP contribution in [0.1, 0.15) is 5.56 Å². The second kappa shape index (κ2) is 14.8. The van der Waals surface area contributed by atoms with Crippen molar-refractivity contribution in [3.63, 3.8) is 0 Å². The van der Waals surface area contributed by atoms with Crippen LogP contribution in [0.3, 0.4) is 0 Å². The molecule has 9 heteroatoms. The van der Waals surface area contributed by atoms with Crippen LogP contribution in [0.4, 0.5) is 22.0 Å². The summed E-state index contributed by atoms with van der Waals surface area (Å²) in [5, 5.41) is 6.21. The van der Waals surface area contributed by atoms with Crippen molar-refractivity contribution < 1.29 is 22.0 Å². The molecule has 0 N–H and O–H groups in total. The van der Waals surface area contributed by atoms with Crippen molar-refractivity contribution in [3.8, 4) is 33.9 Å². The van der Waals surface area contributed by atoms with Gasteiger partial charge in [-0.15, -0.1) is 0 Å². The molecule has 14 rings (SSSR count). The third-order valence-electron chi connectivity index (χ3n) is 14.0. The van der Waals surface area contributed by atoms with E-state index >= 15 is 22.0 Å². The Morgan fingerprint density at radius 1 is 0.329 bits per heavy atom. The fraction of sp³-hybridized carbons (Fsp3) is 0.0164. The molecule has 0 amide bonds. The maximum atomic E-state index is 17.3. The molecule has 10 aromatic carbocycles. The van der Waals surface area contributed by atoms with E-state index in [9.17, 15) is 0 Å². The van der Waals surface area contributed by atoms with E-state index in [1.165, 1.54) is 6.07 Å². The molecule has 14 aromatic rings. The minimum Gasteiger partial charge on any atom is -0.309 e. The van der Waals surface area contributed by atoms with Gasteiger partial charge in [-0.1, -0.05) is 127 Å². The van der Waals surface area contributed by atoms with Gasteiger partial charge in [-0.05, 0) is 84.4 Å². The van der Waals surface area contributed by atoms with Crippen LogP contribution in [-0.4, -0.2) is 18.3 Å². The topological polar surface area (TPSA) is 19.7 Å². The number of nitrogens with zero attached hydrogens (tertiary/aromatic N) is 4. The normalized spacial score (nSPS) is 12.4. The first-order valence-electron chi connectivity index (χ1n) is 23.0. The Bertz CT molecular complexity index is 4460. The molecular weight excluding hydrogens is 884 g/mol. The second-order valence-electron chi connectivity index (χ2n) is 17.8. The zero-order valence-corrected chi connectivity index (χ0v) is 36.9. The van der Waals surface area contributed by atoms with E-state index in [0.717, 1.165) is 94.7 Å². The molecular formula is C61H35F5N4.